The maximum atomic E-state index is 12.7. The van der Waals surface area contributed by atoms with Gasteiger partial charge in [0.2, 0.25) is 10.0 Å². The highest BCUT2D eigenvalue weighted by Crippen LogP contribution is 2.24. The van der Waals surface area contributed by atoms with E-state index >= 15 is 0 Å². The first kappa shape index (κ1) is 24.4. The molecule has 1 amide bonds. The minimum absolute atomic E-state index is 0.0441. The van der Waals surface area contributed by atoms with Crippen molar-refractivity contribution < 1.29 is 22.7 Å². The molecular weight excluding hydrogens is 404 g/mol. The normalized spacial score (nSPS) is 11.9. The Kier molecular flexibility index (Phi) is 8.91. The lowest BCUT2D eigenvalue weighted by Crippen LogP contribution is -2.44. The molecule has 0 fully saturated rings. The van der Waals surface area contributed by atoms with Crippen LogP contribution in [0, 0.1) is 0 Å². The Morgan fingerprint density at radius 3 is 2.07 bits per heavy atom. The van der Waals surface area contributed by atoms with E-state index in [1.807, 2.05) is 27.7 Å². The Morgan fingerprint density at radius 1 is 1.07 bits per heavy atom. The van der Waals surface area contributed by atoms with Gasteiger partial charge < -0.3 is 9.64 Å². The van der Waals surface area contributed by atoms with E-state index < -0.39 is 22.6 Å². The number of ether oxygens (including phenoxy) is 1. The van der Waals surface area contributed by atoms with E-state index in [2.05, 4.69) is 0 Å². The van der Waals surface area contributed by atoms with E-state index in [1.54, 1.807) is 18.7 Å². The lowest BCUT2D eigenvalue weighted by molar-refractivity contribution is -0.138. The van der Waals surface area contributed by atoms with Crippen molar-refractivity contribution in [3.63, 3.8) is 0 Å². The van der Waals surface area contributed by atoms with Crippen molar-refractivity contribution in [2.24, 2.45) is 0 Å². The fourth-order valence-electron chi connectivity index (χ4n) is 2.99. The fraction of sp³-hybridized carbons (Fsp3) is 0.579. The van der Waals surface area contributed by atoms with Gasteiger partial charge in [-0.25, -0.2) is 13.2 Å². The second-order valence-corrected chi connectivity index (χ2v) is 9.14. The minimum Gasteiger partial charge on any atom is -0.452 e. The summed E-state index contributed by atoms with van der Waals surface area (Å²) in [7, 11) is -3.75. The quantitative estimate of drug-likeness (QED) is 0.559. The Bertz CT molecular complexity index is 797. The highest BCUT2D eigenvalue weighted by molar-refractivity contribution is 7.89. The summed E-state index contributed by atoms with van der Waals surface area (Å²) in [6, 6.07) is 3.78. The van der Waals surface area contributed by atoms with Crippen LogP contribution in [0.25, 0.3) is 0 Å². The molecule has 7 nitrogen and oxygen atoms in total. The zero-order valence-corrected chi connectivity index (χ0v) is 18.8. The molecule has 0 unspecified atom stereocenters. The Hall–Kier alpha value is -1.64. The highest BCUT2D eigenvalue weighted by Gasteiger charge is 2.26. The first-order chi connectivity index (χ1) is 13.0. The molecule has 0 radical (unpaired) electrons. The molecule has 0 aliphatic carbocycles. The summed E-state index contributed by atoms with van der Waals surface area (Å²) in [6.45, 7) is 11.1. The average Bonchev–Trinajstić information content (AvgIpc) is 2.60. The minimum atomic E-state index is -3.75. The van der Waals surface area contributed by atoms with E-state index in [0.717, 1.165) is 0 Å². The second kappa shape index (κ2) is 10.2. The van der Waals surface area contributed by atoms with Gasteiger partial charge in [0.25, 0.3) is 5.91 Å². The number of carbonyl (C=O) groups excluding carboxylic acids is 2. The standard InChI is InChI=1S/C19H29ClN2O5S/c1-7-21(8-2)28(25,26)15-9-10-17(20)16(11-15)19(24)27-12-18(23)22(13(3)4)14(5)6/h9-11,13-14H,7-8,12H2,1-6H3. The smallest absolute Gasteiger partial charge is 0.340 e. The number of amides is 1. The topological polar surface area (TPSA) is 84.0 Å². The third kappa shape index (κ3) is 5.68. The van der Waals surface area contributed by atoms with Crippen molar-refractivity contribution in [1.29, 1.82) is 0 Å². The first-order valence-electron chi connectivity index (χ1n) is 9.25. The maximum absolute atomic E-state index is 12.7. The van der Waals surface area contributed by atoms with Crippen LogP contribution < -0.4 is 0 Å². The molecule has 0 atom stereocenters. The SMILES string of the molecule is CCN(CC)S(=O)(=O)c1ccc(Cl)c(C(=O)OCC(=O)N(C(C)C)C(C)C)c1. The number of esters is 1. The summed E-state index contributed by atoms with van der Waals surface area (Å²) < 4.78 is 31.7. The molecule has 0 spiro atoms. The van der Waals surface area contributed by atoms with Crippen molar-refractivity contribution in [3.8, 4) is 0 Å². The summed E-state index contributed by atoms with van der Waals surface area (Å²) in [5, 5.41) is 0.0560. The van der Waals surface area contributed by atoms with Crippen LogP contribution in [0.2, 0.25) is 5.02 Å². The van der Waals surface area contributed by atoms with Gasteiger partial charge in [0, 0.05) is 25.2 Å². The molecule has 0 aromatic heterocycles. The zero-order chi connectivity index (χ0) is 21.6. The molecule has 158 valence electrons. The molecule has 0 aliphatic rings. The third-order valence-electron chi connectivity index (χ3n) is 4.23. The van der Waals surface area contributed by atoms with Gasteiger partial charge >= 0.3 is 5.97 Å². The summed E-state index contributed by atoms with van der Waals surface area (Å²) in [6.07, 6.45) is 0. The Labute approximate surface area is 172 Å². The van der Waals surface area contributed by atoms with Crippen molar-refractivity contribution in [2.45, 2.75) is 58.5 Å². The van der Waals surface area contributed by atoms with E-state index in [-0.39, 0.29) is 33.5 Å². The van der Waals surface area contributed by atoms with Gasteiger partial charge in [0.15, 0.2) is 6.61 Å². The molecule has 0 N–H and O–H groups in total. The molecule has 1 aromatic rings. The molecule has 0 aliphatic heterocycles. The first-order valence-corrected chi connectivity index (χ1v) is 11.1. The van der Waals surface area contributed by atoms with E-state index in [1.165, 1.54) is 22.5 Å². The summed E-state index contributed by atoms with van der Waals surface area (Å²) >= 11 is 6.06. The predicted octanol–water partition coefficient (Wildman–Crippen LogP) is 3.17. The van der Waals surface area contributed by atoms with Gasteiger partial charge in [-0.3, -0.25) is 4.79 Å². The summed E-state index contributed by atoms with van der Waals surface area (Å²) in [5.74, 6) is -1.18. The van der Waals surface area contributed by atoms with Crippen LogP contribution >= 0.6 is 11.6 Å². The lowest BCUT2D eigenvalue weighted by atomic mass is 10.2. The molecule has 0 saturated carbocycles. The summed E-state index contributed by atoms with van der Waals surface area (Å²) in [5.41, 5.74) is -0.0941. The fourth-order valence-corrected chi connectivity index (χ4v) is 4.67. The van der Waals surface area contributed by atoms with Crippen LogP contribution in [0.1, 0.15) is 51.9 Å². The molecule has 28 heavy (non-hydrogen) atoms. The number of sulfonamides is 1. The van der Waals surface area contributed by atoms with Crippen LogP contribution in [-0.4, -0.2) is 61.3 Å². The number of hydrogen-bond donors (Lipinski definition) is 0. The van der Waals surface area contributed by atoms with Gasteiger partial charge in [-0.05, 0) is 45.9 Å². The second-order valence-electron chi connectivity index (χ2n) is 6.80. The van der Waals surface area contributed by atoms with Crippen LogP contribution in [0.5, 0.6) is 0 Å². The number of halogens is 1. The molecule has 0 bridgehead atoms. The van der Waals surface area contributed by atoms with Gasteiger partial charge in [-0.15, -0.1) is 0 Å². The Balaban J connectivity index is 3.05. The van der Waals surface area contributed by atoms with Crippen LogP contribution in [0.3, 0.4) is 0 Å². The van der Waals surface area contributed by atoms with Gasteiger partial charge in [-0.1, -0.05) is 25.4 Å². The number of benzene rings is 1. The van der Waals surface area contributed by atoms with Gasteiger partial charge in [0.1, 0.15) is 0 Å². The molecule has 1 aromatic carbocycles. The van der Waals surface area contributed by atoms with E-state index in [9.17, 15) is 18.0 Å². The molecule has 0 saturated heterocycles. The van der Waals surface area contributed by atoms with Crippen molar-refractivity contribution in [3.05, 3.63) is 28.8 Å². The predicted molar refractivity (Wildman–Crippen MR) is 109 cm³/mol. The largest absolute Gasteiger partial charge is 0.452 e. The molecule has 1 rings (SSSR count). The monoisotopic (exact) mass is 432 g/mol. The van der Waals surface area contributed by atoms with Gasteiger partial charge in [0.05, 0.1) is 15.5 Å². The third-order valence-corrected chi connectivity index (χ3v) is 6.60. The van der Waals surface area contributed by atoms with Crippen molar-refractivity contribution in [1.82, 2.24) is 9.21 Å². The summed E-state index contributed by atoms with van der Waals surface area (Å²) in [4.78, 5) is 26.3. The maximum Gasteiger partial charge on any atom is 0.340 e. The average molecular weight is 433 g/mol. The number of nitrogens with zero attached hydrogens (tertiary/aromatic N) is 2. The molecule has 9 heteroatoms. The van der Waals surface area contributed by atoms with Crippen LogP contribution in [0.4, 0.5) is 0 Å². The highest BCUT2D eigenvalue weighted by atomic mass is 35.5. The lowest BCUT2D eigenvalue weighted by Gasteiger charge is -2.30. The van der Waals surface area contributed by atoms with Crippen LogP contribution in [-0.2, 0) is 19.6 Å². The zero-order valence-electron chi connectivity index (χ0n) is 17.2. The van der Waals surface area contributed by atoms with E-state index in [0.29, 0.717) is 13.1 Å². The Morgan fingerprint density at radius 2 is 1.61 bits per heavy atom. The molecule has 0 heterocycles. The van der Waals surface area contributed by atoms with E-state index in [4.69, 9.17) is 16.3 Å². The molecular formula is C19H29ClN2O5S. The van der Waals surface area contributed by atoms with Crippen molar-refractivity contribution >= 4 is 33.5 Å². The van der Waals surface area contributed by atoms with Gasteiger partial charge in [-0.2, -0.15) is 4.31 Å². The number of hydrogen-bond acceptors (Lipinski definition) is 5. The number of carbonyl (C=O) groups is 2. The van der Waals surface area contributed by atoms with Crippen molar-refractivity contribution in [2.75, 3.05) is 19.7 Å². The van der Waals surface area contributed by atoms with Crippen LogP contribution in [0.15, 0.2) is 23.1 Å². The number of rotatable bonds is 9.